The molecule has 1 N–H and O–H groups in total. The molecule has 0 aliphatic heterocycles. The number of methoxy groups -OCH3 is 1. The van der Waals surface area contributed by atoms with Gasteiger partial charge in [-0.2, -0.15) is 5.48 Å². The van der Waals surface area contributed by atoms with Crippen LogP contribution in [0.5, 0.6) is 5.75 Å². The zero-order valence-electron chi connectivity index (χ0n) is 13.6. The van der Waals surface area contributed by atoms with Crippen molar-refractivity contribution < 1.29 is 19.2 Å². The highest BCUT2D eigenvalue weighted by Gasteiger charge is 2.08. The summed E-state index contributed by atoms with van der Waals surface area (Å²) >= 11 is 11.9. The minimum atomic E-state index is -0.739. The van der Waals surface area contributed by atoms with Crippen LogP contribution in [0.3, 0.4) is 0 Å². The fourth-order valence-corrected chi connectivity index (χ4v) is 2.20. The summed E-state index contributed by atoms with van der Waals surface area (Å²) in [6, 6.07) is 12.3. The zero-order chi connectivity index (χ0) is 18.2. The first-order valence-electron chi connectivity index (χ1n) is 7.21. The lowest BCUT2D eigenvalue weighted by atomic mass is 10.1. The number of nitrogens with zero attached hydrogens (tertiary/aromatic N) is 1. The molecule has 0 fully saturated rings. The van der Waals surface area contributed by atoms with Crippen LogP contribution in [0.15, 0.2) is 47.6 Å². The van der Waals surface area contributed by atoms with Gasteiger partial charge in [0.2, 0.25) is 0 Å². The third-order valence-electron chi connectivity index (χ3n) is 3.10. The second-order valence-electron chi connectivity index (χ2n) is 4.92. The van der Waals surface area contributed by atoms with E-state index in [1.54, 1.807) is 37.3 Å². The number of benzene rings is 2. The highest BCUT2D eigenvalue weighted by Crippen LogP contribution is 2.25. The SMILES string of the molecule is COC(=O)NOc1cc(C(C)=NOCc2cccc(Cl)c2)ccc1Cl. The molecule has 132 valence electrons. The van der Waals surface area contributed by atoms with Gasteiger partial charge >= 0.3 is 6.09 Å². The van der Waals surface area contributed by atoms with Crippen LogP contribution in [-0.4, -0.2) is 18.9 Å². The molecule has 0 saturated carbocycles. The van der Waals surface area contributed by atoms with Gasteiger partial charge in [-0.05, 0) is 36.8 Å². The molecule has 0 aliphatic rings. The summed E-state index contributed by atoms with van der Waals surface area (Å²) in [5, 5.41) is 5.03. The van der Waals surface area contributed by atoms with Crippen LogP contribution >= 0.6 is 23.2 Å². The normalized spacial score (nSPS) is 11.0. The molecule has 0 heterocycles. The number of rotatable bonds is 6. The van der Waals surface area contributed by atoms with Crippen LogP contribution in [-0.2, 0) is 16.2 Å². The van der Waals surface area contributed by atoms with Gasteiger partial charge in [0.05, 0.1) is 17.8 Å². The number of carbonyl (C=O) groups is 1. The minimum absolute atomic E-state index is 0.258. The van der Waals surface area contributed by atoms with E-state index in [2.05, 4.69) is 15.4 Å². The highest BCUT2D eigenvalue weighted by atomic mass is 35.5. The van der Waals surface area contributed by atoms with Crippen LogP contribution < -0.4 is 10.3 Å². The summed E-state index contributed by atoms with van der Waals surface area (Å²) in [7, 11) is 1.23. The maximum absolute atomic E-state index is 11.1. The highest BCUT2D eigenvalue weighted by molar-refractivity contribution is 6.32. The molecule has 0 atom stereocenters. The Hall–Kier alpha value is -2.44. The topological polar surface area (TPSA) is 69.2 Å². The molecule has 2 aromatic rings. The molecule has 1 amide bonds. The summed E-state index contributed by atoms with van der Waals surface area (Å²) in [4.78, 5) is 21.5. The predicted octanol–water partition coefficient (Wildman–Crippen LogP) is 4.58. The summed E-state index contributed by atoms with van der Waals surface area (Å²) in [6.45, 7) is 2.07. The average Bonchev–Trinajstić information content (AvgIpc) is 2.60. The molecule has 0 bridgehead atoms. The van der Waals surface area contributed by atoms with E-state index in [1.165, 1.54) is 7.11 Å². The quantitative estimate of drug-likeness (QED) is 0.586. The van der Waals surface area contributed by atoms with Crippen LogP contribution in [0.4, 0.5) is 4.79 Å². The van der Waals surface area contributed by atoms with Crippen molar-refractivity contribution in [3.05, 3.63) is 63.6 Å². The Balaban J connectivity index is 2.02. The van der Waals surface area contributed by atoms with Crippen molar-refractivity contribution in [3.8, 4) is 5.75 Å². The van der Waals surface area contributed by atoms with Crippen molar-refractivity contribution in [3.63, 3.8) is 0 Å². The van der Waals surface area contributed by atoms with E-state index in [9.17, 15) is 4.79 Å². The lowest BCUT2D eigenvalue weighted by Gasteiger charge is -2.09. The first-order valence-corrected chi connectivity index (χ1v) is 7.97. The van der Waals surface area contributed by atoms with E-state index in [-0.39, 0.29) is 5.75 Å². The molecule has 0 aromatic heterocycles. The Kier molecular flexibility index (Phi) is 6.91. The van der Waals surface area contributed by atoms with E-state index >= 15 is 0 Å². The molecular formula is C17H16Cl2N2O4. The van der Waals surface area contributed by atoms with Crippen molar-refractivity contribution in [2.24, 2.45) is 5.16 Å². The Morgan fingerprint density at radius 3 is 2.72 bits per heavy atom. The van der Waals surface area contributed by atoms with Crippen LogP contribution in [0.2, 0.25) is 10.0 Å². The van der Waals surface area contributed by atoms with Gasteiger partial charge in [0, 0.05) is 10.6 Å². The Bertz CT molecular complexity index is 781. The van der Waals surface area contributed by atoms with Gasteiger partial charge in [-0.15, -0.1) is 0 Å². The molecule has 0 saturated heterocycles. The van der Waals surface area contributed by atoms with Gasteiger partial charge < -0.3 is 14.4 Å². The summed E-state index contributed by atoms with van der Waals surface area (Å²) in [6.07, 6.45) is -0.739. The maximum atomic E-state index is 11.1. The van der Waals surface area contributed by atoms with Gasteiger partial charge in [0.25, 0.3) is 0 Å². The summed E-state index contributed by atoms with van der Waals surface area (Å²) < 4.78 is 4.42. The minimum Gasteiger partial charge on any atom is -0.451 e. The van der Waals surface area contributed by atoms with E-state index < -0.39 is 6.09 Å². The van der Waals surface area contributed by atoms with Crippen molar-refractivity contribution in [2.75, 3.05) is 7.11 Å². The fourth-order valence-electron chi connectivity index (χ4n) is 1.83. The zero-order valence-corrected chi connectivity index (χ0v) is 15.1. The fraction of sp³-hybridized carbons (Fsp3) is 0.176. The number of hydrogen-bond acceptors (Lipinski definition) is 5. The Labute approximate surface area is 155 Å². The third-order valence-corrected chi connectivity index (χ3v) is 3.65. The summed E-state index contributed by atoms with van der Waals surface area (Å²) in [5.41, 5.74) is 4.34. The smallest absolute Gasteiger partial charge is 0.440 e. The molecule has 8 heteroatoms. The number of nitrogens with one attached hydrogen (secondary N) is 1. The molecular weight excluding hydrogens is 367 g/mol. The van der Waals surface area contributed by atoms with Crippen molar-refractivity contribution in [1.82, 2.24) is 5.48 Å². The standard InChI is InChI=1S/C17H16Cl2N2O4/c1-11(20-24-10-12-4-3-5-14(18)8-12)13-6-7-15(19)16(9-13)25-21-17(22)23-2/h3-9H,10H2,1-2H3,(H,21,22). The lowest BCUT2D eigenvalue weighted by Crippen LogP contribution is -2.26. The largest absolute Gasteiger partial charge is 0.451 e. The Morgan fingerprint density at radius 2 is 2.00 bits per heavy atom. The van der Waals surface area contributed by atoms with Crippen LogP contribution in [0.1, 0.15) is 18.1 Å². The number of hydrogen-bond donors (Lipinski definition) is 1. The number of hydroxylamine groups is 1. The van der Waals surface area contributed by atoms with Crippen LogP contribution in [0.25, 0.3) is 0 Å². The molecule has 2 rings (SSSR count). The first kappa shape index (κ1) is 18.9. The second kappa shape index (κ2) is 9.15. The van der Waals surface area contributed by atoms with Crippen molar-refractivity contribution >= 4 is 35.0 Å². The molecule has 0 spiro atoms. The van der Waals surface area contributed by atoms with Crippen molar-refractivity contribution in [1.29, 1.82) is 0 Å². The number of oxime groups is 1. The molecule has 0 radical (unpaired) electrons. The van der Waals surface area contributed by atoms with E-state index in [1.807, 2.05) is 12.1 Å². The second-order valence-corrected chi connectivity index (χ2v) is 5.76. The monoisotopic (exact) mass is 382 g/mol. The van der Waals surface area contributed by atoms with Crippen molar-refractivity contribution in [2.45, 2.75) is 13.5 Å². The number of amides is 1. The molecule has 2 aromatic carbocycles. The number of ether oxygens (including phenoxy) is 1. The number of carbonyl (C=O) groups excluding carboxylic acids is 1. The Morgan fingerprint density at radius 1 is 1.20 bits per heavy atom. The maximum Gasteiger partial charge on any atom is 0.440 e. The molecule has 0 aliphatic carbocycles. The van der Waals surface area contributed by atoms with Gasteiger partial charge in [-0.1, -0.05) is 46.6 Å². The van der Waals surface area contributed by atoms with E-state index in [0.29, 0.717) is 22.4 Å². The third kappa shape index (κ3) is 5.85. The van der Waals surface area contributed by atoms with Gasteiger partial charge in [0.15, 0.2) is 5.75 Å². The lowest BCUT2D eigenvalue weighted by molar-refractivity contribution is 0.118. The van der Waals surface area contributed by atoms with E-state index in [0.717, 1.165) is 11.1 Å². The van der Waals surface area contributed by atoms with Crippen LogP contribution in [0, 0.1) is 0 Å². The molecule has 6 nitrogen and oxygen atoms in total. The predicted molar refractivity (Wildman–Crippen MR) is 96.1 cm³/mol. The van der Waals surface area contributed by atoms with Gasteiger partial charge in [0.1, 0.15) is 6.61 Å². The van der Waals surface area contributed by atoms with E-state index in [4.69, 9.17) is 32.9 Å². The molecule has 0 unspecified atom stereocenters. The first-order chi connectivity index (χ1) is 12.0. The molecule has 25 heavy (non-hydrogen) atoms. The number of halogens is 2. The van der Waals surface area contributed by atoms with Gasteiger partial charge in [-0.25, -0.2) is 4.79 Å². The van der Waals surface area contributed by atoms with Gasteiger partial charge in [-0.3, -0.25) is 0 Å². The summed E-state index contributed by atoms with van der Waals surface area (Å²) in [5.74, 6) is 0.258. The average molecular weight is 383 g/mol.